The zero-order valence-corrected chi connectivity index (χ0v) is 11.5. The smallest absolute Gasteiger partial charge is 0.0180 e. The van der Waals surface area contributed by atoms with Crippen LogP contribution in [0.5, 0.6) is 0 Å². The Morgan fingerprint density at radius 2 is 1.88 bits per heavy atom. The van der Waals surface area contributed by atoms with Gasteiger partial charge in [-0.25, -0.2) is 0 Å². The van der Waals surface area contributed by atoms with Crippen molar-refractivity contribution in [3.05, 3.63) is 0 Å². The minimum atomic E-state index is 0.361. The van der Waals surface area contributed by atoms with Gasteiger partial charge >= 0.3 is 0 Å². The molecule has 1 aliphatic rings. The summed E-state index contributed by atoms with van der Waals surface area (Å²) in [5.74, 6) is 0. The van der Waals surface area contributed by atoms with E-state index in [9.17, 15) is 0 Å². The third kappa shape index (κ3) is 4.42. The maximum atomic E-state index is 5.97. The Morgan fingerprint density at radius 1 is 1.19 bits per heavy atom. The molecule has 2 heteroatoms. The largest absolute Gasteiger partial charge is 0.326 e. The van der Waals surface area contributed by atoms with Gasteiger partial charge in [-0.3, -0.25) is 4.90 Å². The monoisotopic (exact) mass is 226 g/mol. The molecular weight excluding hydrogens is 196 g/mol. The van der Waals surface area contributed by atoms with Gasteiger partial charge in [0.15, 0.2) is 0 Å². The molecule has 2 N–H and O–H groups in total. The van der Waals surface area contributed by atoms with Crippen molar-refractivity contribution in [2.45, 2.75) is 77.3 Å². The predicted molar refractivity (Wildman–Crippen MR) is 71.6 cm³/mol. The number of nitrogens with zero attached hydrogens (tertiary/aromatic N) is 1. The Labute approximate surface area is 102 Å². The minimum Gasteiger partial charge on any atom is -0.326 e. The Morgan fingerprint density at radius 3 is 2.44 bits per heavy atom. The van der Waals surface area contributed by atoms with Crippen molar-refractivity contribution in [1.29, 1.82) is 0 Å². The van der Waals surface area contributed by atoms with Crippen LogP contribution in [0.15, 0.2) is 0 Å². The molecule has 1 heterocycles. The molecule has 0 aliphatic carbocycles. The Kier molecular flexibility index (Phi) is 5.77. The first-order chi connectivity index (χ1) is 7.56. The van der Waals surface area contributed by atoms with Crippen molar-refractivity contribution in [3.63, 3.8) is 0 Å². The number of hydrogen-bond donors (Lipinski definition) is 1. The molecule has 0 aromatic carbocycles. The van der Waals surface area contributed by atoms with E-state index in [0.29, 0.717) is 11.6 Å². The van der Waals surface area contributed by atoms with Crippen molar-refractivity contribution >= 4 is 0 Å². The lowest BCUT2D eigenvalue weighted by atomic mass is 9.94. The van der Waals surface area contributed by atoms with E-state index in [1.165, 1.54) is 51.5 Å². The Balaban J connectivity index is 2.18. The molecule has 1 fully saturated rings. The van der Waals surface area contributed by atoms with Crippen molar-refractivity contribution in [2.24, 2.45) is 5.73 Å². The van der Waals surface area contributed by atoms with Gasteiger partial charge in [-0.2, -0.15) is 0 Å². The van der Waals surface area contributed by atoms with Crippen LogP contribution >= 0.6 is 0 Å². The zero-order valence-electron chi connectivity index (χ0n) is 11.5. The summed E-state index contributed by atoms with van der Waals surface area (Å²) >= 11 is 0. The van der Waals surface area contributed by atoms with Gasteiger partial charge in [-0.05, 0) is 26.7 Å². The third-order valence-electron chi connectivity index (χ3n) is 3.97. The molecule has 0 aromatic heterocycles. The van der Waals surface area contributed by atoms with Crippen LogP contribution in [0, 0.1) is 0 Å². The summed E-state index contributed by atoms with van der Waals surface area (Å²) in [6.07, 6.45) is 9.42. The number of hydrogen-bond acceptors (Lipinski definition) is 2. The fourth-order valence-corrected chi connectivity index (χ4v) is 2.66. The molecule has 0 spiro atoms. The molecule has 0 unspecified atom stereocenters. The number of likely N-dealkylation sites (tertiary alicyclic amines) is 1. The van der Waals surface area contributed by atoms with Gasteiger partial charge < -0.3 is 5.73 Å². The van der Waals surface area contributed by atoms with Gasteiger partial charge in [0, 0.05) is 24.7 Å². The highest BCUT2D eigenvalue weighted by Gasteiger charge is 2.31. The van der Waals surface area contributed by atoms with Crippen LogP contribution in [0.2, 0.25) is 0 Å². The summed E-state index contributed by atoms with van der Waals surface area (Å²) in [5.41, 5.74) is 6.34. The Hall–Kier alpha value is -0.0800. The van der Waals surface area contributed by atoms with Gasteiger partial charge in [0.25, 0.3) is 0 Å². The highest BCUT2D eigenvalue weighted by Crippen LogP contribution is 2.26. The van der Waals surface area contributed by atoms with E-state index >= 15 is 0 Å². The highest BCUT2D eigenvalue weighted by molar-refractivity contribution is 4.89. The maximum Gasteiger partial charge on any atom is 0.0180 e. The van der Waals surface area contributed by atoms with E-state index in [2.05, 4.69) is 25.7 Å². The van der Waals surface area contributed by atoms with Crippen LogP contribution in [0.25, 0.3) is 0 Å². The van der Waals surface area contributed by atoms with Crippen molar-refractivity contribution in [2.75, 3.05) is 13.1 Å². The lowest BCUT2D eigenvalue weighted by molar-refractivity contribution is 0.138. The van der Waals surface area contributed by atoms with Gasteiger partial charge in [0.05, 0.1) is 0 Å². The second kappa shape index (κ2) is 6.61. The first-order valence-electron chi connectivity index (χ1n) is 7.07. The quantitative estimate of drug-likeness (QED) is 0.676. The summed E-state index contributed by atoms with van der Waals surface area (Å²) in [6.45, 7) is 9.33. The van der Waals surface area contributed by atoms with Gasteiger partial charge in [-0.1, -0.05) is 39.0 Å². The van der Waals surface area contributed by atoms with E-state index in [1.54, 1.807) is 0 Å². The third-order valence-corrected chi connectivity index (χ3v) is 3.97. The molecule has 1 rings (SSSR count). The normalized spacial score (nSPS) is 22.9. The van der Waals surface area contributed by atoms with Crippen molar-refractivity contribution in [3.8, 4) is 0 Å². The summed E-state index contributed by atoms with van der Waals surface area (Å²) in [7, 11) is 0. The zero-order chi connectivity index (χ0) is 12.0. The number of unbranched alkanes of at least 4 members (excludes halogenated alkanes) is 4. The standard InChI is InChI=1S/C14H30N2/c1-4-5-6-7-8-10-14(2,3)16-11-9-13(15)12-16/h13H,4-12,15H2,1-3H3/t13-/m0/s1. The van der Waals surface area contributed by atoms with Crippen LogP contribution in [-0.2, 0) is 0 Å². The Bertz CT molecular complexity index is 189. The summed E-state index contributed by atoms with van der Waals surface area (Å²) in [5, 5.41) is 0. The van der Waals surface area contributed by atoms with E-state index in [4.69, 9.17) is 5.73 Å². The van der Waals surface area contributed by atoms with Gasteiger partial charge in [0.2, 0.25) is 0 Å². The molecule has 1 saturated heterocycles. The number of rotatable bonds is 7. The lowest BCUT2D eigenvalue weighted by Gasteiger charge is -2.35. The molecule has 16 heavy (non-hydrogen) atoms. The average molecular weight is 226 g/mol. The van der Waals surface area contributed by atoms with E-state index in [0.717, 1.165) is 6.54 Å². The summed E-state index contributed by atoms with van der Waals surface area (Å²) in [6, 6.07) is 0.416. The maximum absolute atomic E-state index is 5.97. The molecule has 0 radical (unpaired) electrons. The van der Waals surface area contributed by atoms with E-state index in [-0.39, 0.29) is 0 Å². The topological polar surface area (TPSA) is 29.3 Å². The SMILES string of the molecule is CCCCCCCC(C)(C)N1CC[C@H](N)C1. The van der Waals surface area contributed by atoms with Crippen LogP contribution in [0.3, 0.4) is 0 Å². The fraction of sp³-hybridized carbons (Fsp3) is 1.00. The number of nitrogens with two attached hydrogens (primary N) is 1. The molecule has 1 atom stereocenters. The van der Waals surface area contributed by atoms with Crippen molar-refractivity contribution < 1.29 is 0 Å². The predicted octanol–water partition coefficient (Wildman–Crippen LogP) is 3.16. The first-order valence-corrected chi connectivity index (χ1v) is 7.07. The molecule has 2 nitrogen and oxygen atoms in total. The molecule has 0 bridgehead atoms. The molecular formula is C14H30N2. The summed E-state index contributed by atoms with van der Waals surface area (Å²) in [4.78, 5) is 2.58. The summed E-state index contributed by atoms with van der Waals surface area (Å²) < 4.78 is 0. The minimum absolute atomic E-state index is 0.361. The fourth-order valence-electron chi connectivity index (χ4n) is 2.66. The van der Waals surface area contributed by atoms with Crippen LogP contribution in [0.1, 0.15) is 65.7 Å². The van der Waals surface area contributed by atoms with Crippen molar-refractivity contribution in [1.82, 2.24) is 4.90 Å². The van der Waals surface area contributed by atoms with Crippen LogP contribution < -0.4 is 5.73 Å². The second-order valence-electron chi connectivity index (χ2n) is 5.97. The molecule has 96 valence electrons. The van der Waals surface area contributed by atoms with Gasteiger partial charge in [-0.15, -0.1) is 0 Å². The molecule has 0 saturated carbocycles. The molecule has 0 amide bonds. The van der Waals surface area contributed by atoms with Gasteiger partial charge in [0.1, 0.15) is 0 Å². The van der Waals surface area contributed by atoms with Crippen LogP contribution in [-0.4, -0.2) is 29.6 Å². The first kappa shape index (κ1) is 14.0. The lowest BCUT2D eigenvalue weighted by Crippen LogP contribution is -2.43. The second-order valence-corrected chi connectivity index (χ2v) is 5.97. The molecule has 0 aromatic rings. The van der Waals surface area contributed by atoms with E-state index in [1.807, 2.05) is 0 Å². The highest BCUT2D eigenvalue weighted by atomic mass is 15.2. The molecule has 1 aliphatic heterocycles. The van der Waals surface area contributed by atoms with E-state index < -0.39 is 0 Å². The average Bonchev–Trinajstić information content (AvgIpc) is 2.65. The van der Waals surface area contributed by atoms with Crippen LogP contribution in [0.4, 0.5) is 0 Å².